The van der Waals surface area contributed by atoms with Crippen LogP contribution in [0.2, 0.25) is 0 Å². The average Bonchev–Trinajstić information content (AvgIpc) is 3.68. The van der Waals surface area contributed by atoms with Crippen LogP contribution in [0.5, 0.6) is 0 Å². The smallest absolute Gasteiger partial charge is 0.252 e. The topological polar surface area (TPSA) is 180 Å². The summed E-state index contributed by atoms with van der Waals surface area (Å²) in [6.07, 6.45) is 10.1. The Morgan fingerprint density at radius 1 is 0.973 bits per heavy atom. The molecule has 212 valence electrons. The van der Waals surface area contributed by atoms with E-state index in [-0.39, 0.29) is 36.3 Å². The lowest BCUT2D eigenvalue weighted by atomic mass is 9.92. The van der Waals surface area contributed by atoms with Crippen LogP contribution in [0.15, 0.2) is 5.11 Å². The third-order valence-corrected chi connectivity index (χ3v) is 7.48. The fourth-order valence-corrected chi connectivity index (χ4v) is 5.02. The first-order valence-electron chi connectivity index (χ1n) is 14.2. The van der Waals surface area contributed by atoms with Gasteiger partial charge in [0.25, 0.3) is 5.91 Å². The zero-order valence-corrected chi connectivity index (χ0v) is 22.4. The number of epoxide rings is 1. The number of azide groups is 1. The molecule has 11 heteroatoms. The number of unbranched alkanes of at least 4 members (excludes halogenated alkanes) is 2. The summed E-state index contributed by atoms with van der Waals surface area (Å²) in [6, 6.07) is -1.13. The number of nitrogens with zero attached hydrogens (tertiary/aromatic N) is 3. The molecular formula is C26H47N5O6. The third kappa shape index (κ3) is 10.8. The van der Waals surface area contributed by atoms with Crippen molar-refractivity contribution in [3.63, 3.8) is 0 Å². The normalized spacial score (nSPS) is 30.5. The Labute approximate surface area is 220 Å². The highest BCUT2D eigenvalue weighted by molar-refractivity contribution is 5.84. The number of amides is 2. The number of carbonyl (C=O) groups excluding carboxylic acids is 2. The van der Waals surface area contributed by atoms with Crippen LogP contribution in [0.3, 0.4) is 0 Å². The summed E-state index contributed by atoms with van der Waals surface area (Å²) in [6.45, 7) is 4.12. The zero-order chi connectivity index (χ0) is 27.2. The predicted octanol–water partition coefficient (Wildman–Crippen LogP) is 3.00. The van der Waals surface area contributed by atoms with Gasteiger partial charge in [0.05, 0.1) is 36.4 Å². The van der Waals surface area contributed by atoms with Crippen LogP contribution < -0.4 is 10.6 Å². The molecule has 0 unspecified atom stereocenters. The van der Waals surface area contributed by atoms with Crippen LogP contribution in [0.4, 0.5) is 0 Å². The van der Waals surface area contributed by atoms with E-state index in [1.54, 1.807) is 0 Å². The van der Waals surface area contributed by atoms with E-state index in [9.17, 15) is 24.9 Å². The van der Waals surface area contributed by atoms with Crippen molar-refractivity contribution < 1.29 is 29.6 Å². The second-order valence-electron chi connectivity index (χ2n) is 10.5. The van der Waals surface area contributed by atoms with Crippen LogP contribution in [-0.2, 0) is 14.3 Å². The molecule has 1 aliphatic heterocycles. The molecule has 0 radical (unpaired) electrons. The first kappa shape index (κ1) is 31.3. The van der Waals surface area contributed by atoms with Gasteiger partial charge >= 0.3 is 0 Å². The van der Waals surface area contributed by atoms with Crippen molar-refractivity contribution in [2.24, 2.45) is 5.11 Å². The molecule has 2 amide bonds. The molecule has 0 spiro atoms. The van der Waals surface area contributed by atoms with Crippen LogP contribution in [0.1, 0.15) is 104 Å². The van der Waals surface area contributed by atoms with Gasteiger partial charge in [-0.2, -0.15) is 0 Å². The molecule has 0 bridgehead atoms. The minimum absolute atomic E-state index is 0.0305. The molecule has 0 aromatic heterocycles. The van der Waals surface area contributed by atoms with Crippen LogP contribution in [0, 0.1) is 0 Å². The molecule has 1 heterocycles. The van der Waals surface area contributed by atoms with E-state index in [2.05, 4.69) is 27.6 Å². The van der Waals surface area contributed by atoms with Gasteiger partial charge in [0.1, 0.15) is 6.10 Å². The number of nitrogens with one attached hydrogen (secondary N) is 2. The summed E-state index contributed by atoms with van der Waals surface area (Å²) in [5.74, 6) is -0.596. The number of aliphatic hydroxyl groups is 3. The average molecular weight is 526 g/mol. The highest BCUT2D eigenvalue weighted by atomic mass is 16.6. The third-order valence-electron chi connectivity index (χ3n) is 7.48. The minimum atomic E-state index is -1.36. The number of carbonyl (C=O) groups is 2. The van der Waals surface area contributed by atoms with Gasteiger partial charge in [-0.1, -0.05) is 70.3 Å². The Bertz CT molecular complexity index is 749. The Morgan fingerprint density at radius 2 is 1.54 bits per heavy atom. The molecule has 37 heavy (non-hydrogen) atoms. The maximum atomic E-state index is 12.0. The van der Waals surface area contributed by atoms with Gasteiger partial charge in [-0.3, -0.25) is 9.59 Å². The van der Waals surface area contributed by atoms with Gasteiger partial charge in [-0.05, 0) is 44.1 Å². The van der Waals surface area contributed by atoms with Crippen molar-refractivity contribution in [1.82, 2.24) is 10.6 Å². The molecule has 3 fully saturated rings. The lowest BCUT2D eigenvalue weighted by molar-refractivity contribution is -0.132. The summed E-state index contributed by atoms with van der Waals surface area (Å²) < 4.78 is 5.36. The predicted molar refractivity (Wildman–Crippen MR) is 139 cm³/mol. The lowest BCUT2D eigenvalue weighted by Crippen LogP contribution is -2.50. The molecule has 0 aromatic rings. The minimum Gasteiger partial charge on any atom is -0.391 e. The molecule has 3 rings (SSSR count). The molecule has 5 N–H and O–H groups in total. The van der Waals surface area contributed by atoms with Crippen molar-refractivity contribution >= 4 is 11.8 Å². The van der Waals surface area contributed by atoms with Crippen molar-refractivity contribution in [3.05, 3.63) is 10.4 Å². The van der Waals surface area contributed by atoms with Gasteiger partial charge in [-0.25, -0.2) is 0 Å². The highest BCUT2D eigenvalue weighted by Crippen LogP contribution is 2.28. The molecule has 2 saturated carbocycles. The summed E-state index contributed by atoms with van der Waals surface area (Å²) in [5, 5.41) is 38.7. The largest absolute Gasteiger partial charge is 0.391 e. The number of hydrogen-bond acceptors (Lipinski definition) is 7. The molecule has 11 nitrogen and oxygen atoms in total. The number of aliphatic hydroxyl groups excluding tert-OH is 3. The Balaban J connectivity index is 0.000000263. The van der Waals surface area contributed by atoms with Crippen molar-refractivity contribution in [3.8, 4) is 0 Å². The van der Waals surface area contributed by atoms with Crippen molar-refractivity contribution in [2.75, 3.05) is 0 Å². The van der Waals surface area contributed by atoms with E-state index in [1.807, 2.05) is 6.92 Å². The molecular weight excluding hydrogens is 478 g/mol. The first-order valence-corrected chi connectivity index (χ1v) is 14.2. The number of hydrogen-bond donors (Lipinski definition) is 5. The maximum absolute atomic E-state index is 12.0. The summed E-state index contributed by atoms with van der Waals surface area (Å²) >= 11 is 0. The number of rotatable bonds is 12. The van der Waals surface area contributed by atoms with Crippen LogP contribution >= 0.6 is 0 Å². The quantitative estimate of drug-likeness (QED) is 0.113. The maximum Gasteiger partial charge on any atom is 0.252 e. The lowest BCUT2D eigenvalue weighted by Gasteiger charge is -2.29. The molecule has 0 aromatic carbocycles. The Hall–Kier alpha value is -1.91. The zero-order valence-electron chi connectivity index (χ0n) is 22.4. The second-order valence-corrected chi connectivity index (χ2v) is 10.5. The van der Waals surface area contributed by atoms with Gasteiger partial charge in [-0.15, -0.1) is 0 Å². The highest BCUT2D eigenvalue weighted by Gasteiger charge is 2.45. The fourth-order valence-electron chi connectivity index (χ4n) is 5.02. The molecule has 3 aliphatic rings. The second kappa shape index (κ2) is 16.8. The van der Waals surface area contributed by atoms with E-state index in [4.69, 9.17) is 10.3 Å². The van der Waals surface area contributed by atoms with Gasteiger partial charge in [0.15, 0.2) is 6.10 Å². The number of ether oxygens (including phenoxy) is 1. The van der Waals surface area contributed by atoms with Crippen molar-refractivity contribution in [2.45, 2.75) is 152 Å². The molecule has 1 saturated heterocycles. The standard InChI is InChI=1S/C13H24N4O3.C13H23NO3/c1-2-3-6-10(16-17-14)12(19)13(20)15-9-7-4-5-8-11(9)18;1-2-3-8-11-12(17-11)13(16)14-9-6-4-5-7-10(9)15/h9-12,18-19H,2-8H2,1H3,(H,15,20);9-12,15H,2-8H2,1H3,(H,14,16)/t9-,10-,11-,12-;9-,10-,11+,12-/m00/s1. The van der Waals surface area contributed by atoms with Gasteiger partial charge in [0, 0.05) is 4.91 Å². The monoisotopic (exact) mass is 525 g/mol. The Kier molecular flexibility index (Phi) is 14.2. The van der Waals surface area contributed by atoms with Crippen LogP contribution in [-0.4, -0.2) is 75.8 Å². The summed E-state index contributed by atoms with van der Waals surface area (Å²) in [7, 11) is 0. The van der Waals surface area contributed by atoms with E-state index in [0.717, 1.165) is 70.6 Å². The van der Waals surface area contributed by atoms with Gasteiger partial charge in [0.2, 0.25) is 5.91 Å². The Morgan fingerprint density at radius 3 is 2.08 bits per heavy atom. The molecule has 8 atom stereocenters. The fraction of sp³-hybridized carbons (Fsp3) is 0.923. The van der Waals surface area contributed by atoms with E-state index < -0.39 is 24.2 Å². The first-order chi connectivity index (χ1) is 17.8. The van der Waals surface area contributed by atoms with E-state index >= 15 is 0 Å². The van der Waals surface area contributed by atoms with Crippen LogP contribution in [0.25, 0.3) is 10.4 Å². The summed E-state index contributed by atoms with van der Waals surface area (Å²) in [4.78, 5) is 26.5. The van der Waals surface area contributed by atoms with Crippen molar-refractivity contribution in [1.29, 1.82) is 0 Å². The van der Waals surface area contributed by atoms with E-state index in [0.29, 0.717) is 19.3 Å². The SMILES string of the molecule is CCCC[C@H](N=[N+]=[N-])[C@H](O)C(=O)N[C@H]1CCCC[C@@H]1O.CCCC[C@H]1O[C@@H]1C(=O)N[C@H]1CCCC[C@@H]1O. The summed E-state index contributed by atoms with van der Waals surface area (Å²) in [5.41, 5.74) is 8.51. The van der Waals surface area contributed by atoms with Gasteiger partial charge < -0.3 is 30.7 Å². The molecule has 2 aliphatic carbocycles. The van der Waals surface area contributed by atoms with E-state index in [1.165, 1.54) is 0 Å².